The molecule has 2 amide bonds. The van der Waals surface area contributed by atoms with Gasteiger partial charge in [-0.1, -0.05) is 41.4 Å². The Labute approximate surface area is 141 Å². The Bertz CT molecular complexity index is 742. The standard InChI is InChI=1S/C16H11Cl2NO2S/c17-13-9-6-11-12(7-10(9)14(18)22-13)16(21)19(15(11)20)8-4-2-1-3-5-8/h1-5,11-12H,6-7H2. The molecule has 2 heterocycles. The molecule has 0 saturated carbocycles. The number of para-hydroxylation sites is 1. The Balaban J connectivity index is 1.74. The first kappa shape index (κ1) is 14.2. The summed E-state index contributed by atoms with van der Waals surface area (Å²) in [7, 11) is 0. The summed E-state index contributed by atoms with van der Waals surface area (Å²) in [5.41, 5.74) is 2.51. The Kier molecular flexibility index (Phi) is 3.29. The van der Waals surface area contributed by atoms with E-state index in [9.17, 15) is 9.59 Å². The summed E-state index contributed by atoms with van der Waals surface area (Å²) in [5, 5.41) is 0. The molecule has 0 bridgehead atoms. The van der Waals surface area contributed by atoms with E-state index in [0.717, 1.165) is 11.1 Å². The monoisotopic (exact) mass is 351 g/mol. The van der Waals surface area contributed by atoms with Crippen LogP contribution in [0.15, 0.2) is 30.3 Å². The first-order valence-corrected chi connectivity index (χ1v) is 8.53. The van der Waals surface area contributed by atoms with E-state index >= 15 is 0 Å². The van der Waals surface area contributed by atoms with Crippen LogP contribution in [-0.4, -0.2) is 11.8 Å². The van der Waals surface area contributed by atoms with Crippen LogP contribution < -0.4 is 4.90 Å². The van der Waals surface area contributed by atoms with Crippen molar-refractivity contribution in [3.63, 3.8) is 0 Å². The molecule has 22 heavy (non-hydrogen) atoms. The van der Waals surface area contributed by atoms with E-state index in [1.807, 2.05) is 18.2 Å². The third kappa shape index (κ3) is 1.94. The van der Waals surface area contributed by atoms with Crippen molar-refractivity contribution in [3.05, 3.63) is 50.1 Å². The lowest BCUT2D eigenvalue weighted by molar-refractivity contribution is -0.122. The highest BCUT2D eigenvalue weighted by molar-refractivity contribution is 7.20. The zero-order valence-electron chi connectivity index (χ0n) is 11.4. The molecule has 3 nitrogen and oxygen atoms in total. The summed E-state index contributed by atoms with van der Waals surface area (Å²) in [4.78, 5) is 26.7. The van der Waals surface area contributed by atoms with Crippen molar-refractivity contribution in [1.82, 2.24) is 0 Å². The summed E-state index contributed by atoms with van der Waals surface area (Å²) in [6.07, 6.45) is 0.992. The fourth-order valence-electron chi connectivity index (χ4n) is 3.36. The van der Waals surface area contributed by atoms with Crippen LogP contribution in [0.25, 0.3) is 0 Å². The molecular weight excluding hydrogens is 341 g/mol. The van der Waals surface area contributed by atoms with Crippen molar-refractivity contribution in [1.29, 1.82) is 0 Å². The number of imide groups is 1. The minimum atomic E-state index is -0.330. The van der Waals surface area contributed by atoms with E-state index in [4.69, 9.17) is 23.2 Å². The van der Waals surface area contributed by atoms with Gasteiger partial charge >= 0.3 is 0 Å². The van der Waals surface area contributed by atoms with Gasteiger partial charge < -0.3 is 0 Å². The van der Waals surface area contributed by atoms with Gasteiger partial charge in [-0.2, -0.15) is 0 Å². The van der Waals surface area contributed by atoms with E-state index in [1.54, 1.807) is 12.1 Å². The average Bonchev–Trinajstić information content (AvgIpc) is 2.94. The van der Waals surface area contributed by atoms with Gasteiger partial charge in [0.15, 0.2) is 0 Å². The van der Waals surface area contributed by atoms with Gasteiger partial charge in [0.1, 0.15) is 0 Å². The molecule has 0 radical (unpaired) electrons. The zero-order valence-corrected chi connectivity index (χ0v) is 13.7. The number of hydrogen-bond donors (Lipinski definition) is 0. The summed E-state index contributed by atoms with van der Waals surface area (Å²) >= 11 is 13.7. The van der Waals surface area contributed by atoms with Crippen LogP contribution >= 0.6 is 34.5 Å². The molecule has 1 aromatic heterocycles. The smallest absolute Gasteiger partial charge is 0.238 e. The summed E-state index contributed by atoms with van der Waals surface area (Å²) < 4.78 is 1.27. The van der Waals surface area contributed by atoms with Crippen molar-refractivity contribution in [2.45, 2.75) is 12.8 Å². The molecule has 1 aliphatic heterocycles. The average molecular weight is 352 g/mol. The summed E-state index contributed by atoms with van der Waals surface area (Å²) in [5.74, 6) is -0.928. The van der Waals surface area contributed by atoms with Crippen molar-refractivity contribution < 1.29 is 9.59 Å². The number of rotatable bonds is 1. The van der Waals surface area contributed by atoms with Crippen LogP contribution in [0.2, 0.25) is 8.67 Å². The molecule has 1 fully saturated rings. The first-order valence-electron chi connectivity index (χ1n) is 6.96. The molecular formula is C16H11Cl2NO2S. The number of thiophene rings is 1. The van der Waals surface area contributed by atoms with E-state index in [0.29, 0.717) is 27.2 Å². The number of nitrogens with zero attached hydrogens (tertiary/aromatic N) is 1. The molecule has 4 rings (SSSR count). The van der Waals surface area contributed by atoms with Gasteiger partial charge in [-0.05, 0) is 36.1 Å². The normalized spacial score (nSPS) is 23.6. The maximum absolute atomic E-state index is 12.7. The Morgan fingerprint density at radius 3 is 1.91 bits per heavy atom. The minimum Gasteiger partial charge on any atom is -0.274 e. The molecule has 1 aliphatic carbocycles. The van der Waals surface area contributed by atoms with Gasteiger partial charge in [-0.3, -0.25) is 14.5 Å². The molecule has 1 aromatic carbocycles. The number of carbonyl (C=O) groups excluding carboxylic acids is 2. The molecule has 1 saturated heterocycles. The van der Waals surface area contributed by atoms with Crippen molar-refractivity contribution in [3.8, 4) is 0 Å². The van der Waals surface area contributed by atoms with E-state index in [1.165, 1.54) is 16.2 Å². The number of benzene rings is 1. The van der Waals surface area contributed by atoms with Gasteiger partial charge in [-0.15, -0.1) is 11.3 Å². The SMILES string of the molecule is O=C1C2Cc3c(Cl)sc(Cl)c3CC2C(=O)N1c1ccccc1. The number of hydrogen-bond acceptors (Lipinski definition) is 3. The number of fused-ring (bicyclic) bond motifs is 2. The van der Waals surface area contributed by atoms with Gasteiger partial charge in [-0.25, -0.2) is 0 Å². The van der Waals surface area contributed by atoms with Gasteiger partial charge in [0.25, 0.3) is 0 Å². The highest BCUT2D eigenvalue weighted by Crippen LogP contribution is 2.47. The van der Waals surface area contributed by atoms with Crippen molar-refractivity contribution in [2.24, 2.45) is 11.8 Å². The molecule has 6 heteroatoms. The van der Waals surface area contributed by atoms with Crippen LogP contribution in [0, 0.1) is 11.8 Å². The predicted molar refractivity (Wildman–Crippen MR) is 87.7 cm³/mol. The molecule has 0 N–H and O–H groups in total. The highest BCUT2D eigenvalue weighted by atomic mass is 35.5. The number of anilines is 1. The largest absolute Gasteiger partial charge is 0.274 e. The zero-order chi connectivity index (χ0) is 15.4. The van der Waals surface area contributed by atoms with E-state index in [-0.39, 0.29) is 23.7 Å². The lowest BCUT2D eigenvalue weighted by Gasteiger charge is -2.21. The number of halogens is 2. The van der Waals surface area contributed by atoms with Crippen LogP contribution in [0.5, 0.6) is 0 Å². The molecule has 112 valence electrons. The van der Waals surface area contributed by atoms with E-state index in [2.05, 4.69) is 0 Å². The fraction of sp³-hybridized carbons (Fsp3) is 0.250. The third-order valence-corrected chi connectivity index (χ3v) is 6.21. The van der Waals surface area contributed by atoms with Crippen LogP contribution in [0.3, 0.4) is 0 Å². The Morgan fingerprint density at radius 2 is 1.41 bits per heavy atom. The number of carbonyl (C=O) groups is 2. The fourth-order valence-corrected chi connectivity index (χ4v) is 5.14. The molecule has 2 atom stereocenters. The topological polar surface area (TPSA) is 37.4 Å². The van der Waals surface area contributed by atoms with E-state index < -0.39 is 0 Å². The second kappa shape index (κ2) is 5.08. The third-order valence-electron chi connectivity index (χ3n) is 4.44. The van der Waals surface area contributed by atoms with Crippen LogP contribution in [-0.2, 0) is 22.4 Å². The van der Waals surface area contributed by atoms with Gasteiger partial charge in [0.2, 0.25) is 11.8 Å². The lowest BCUT2D eigenvalue weighted by atomic mass is 9.79. The summed E-state index contributed by atoms with van der Waals surface area (Å²) in [6.45, 7) is 0. The summed E-state index contributed by atoms with van der Waals surface area (Å²) in [6, 6.07) is 9.06. The first-order chi connectivity index (χ1) is 10.6. The maximum Gasteiger partial charge on any atom is 0.238 e. The maximum atomic E-state index is 12.7. The Hall–Kier alpha value is -1.36. The molecule has 2 unspecified atom stereocenters. The quantitative estimate of drug-likeness (QED) is 0.729. The van der Waals surface area contributed by atoms with Gasteiger partial charge in [0, 0.05) is 0 Å². The lowest BCUT2D eigenvalue weighted by Crippen LogP contribution is -2.30. The Morgan fingerprint density at radius 1 is 0.909 bits per heavy atom. The van der Waals surface area contributed by atoms with Crippen LogP contribution in [0.1, 0.15) is 11.1 Å². The highest BCUT2D eigenvalue weighted by Gasteiger charge is 2.51. The van der Waals surface area contributed by atoms with Gasteiger partial charge in [0.05, 0.1) is 26.2 Å². The molecule has 2 aliphatic rings. The van der Waals surface area contributed by atoms with Crippen molar-refractivity contribution in [2.75, 3.05) is 4.90 Å². The second-order valence-electron chi connectivity index (χ2n) is 5.58. The molecule has 2 aromatic rings. The van der Waals surface area contributed by atoms with Crippen molar-refractivity contribution >= 4 is 52.0 Å². The second-order valence-corrected chi connectivity index (χ2v) is 7.80. The molecule has 0 spiro atoms. The number of amides is 2. The predicted octanol–water partition coefficient (Wildman–Crippen LogP) is 3.96. The van der Waals surface area contributed by atoms with Crippen LogP contribution in [0.4, 0.5) is 5.69 Å². The minimum absolute atomic E-state index is 0.134.